The highest BCUT2D eigenvalue weighted by Gasteiger charge is 2.52. The molecule has 19 heavy (non-hydrogen) atoms. The van der Waals surface area contributed by atoms with Gasteiger partial charge in [0.05, 0.1) is 11.8 Å². The SMILES string of the molecule is CCNC(CN1C(=O)C2CC(C)CC2C1=O)C1CC1. The second-order valence-corrected chi connectivity index (χ2v) is 6.58. The molecule has 2 saturated carbocycles. The molecule has 2 amide bonds. The number of rotatable bonds is 5. The second-order valence-electron chi connectivity index (χ2n) is 6.58. The smallest absolute Gasteiger partial charge is 0.233 e. The van der Waals surface area contributed by atoms with Crippen molar-refractivity contribution in [2.75, 3.05) is 13.1 Å². The fraction of sp³-hybridized carbons (Fsp3) is 0.867. The van der Waals surface area contributed by atoms with Crippen LogP contribution in [0, 0.1) is 23.7 Å². The van der Waals surface area contributed by atoms with Gasteiger partial charge < -0.3 is 5.32 Å². The lowest BCUT2D eigenvalue weighted by Crippen LogP contribution is -2.45. The van der Waals surface area contributed by atoms with E-state index in [9.17, 15) is 9.59 Å². The Morgan fingerprint density at radius 2 is 1.79 bits per heavy atom. The second kappa shape index (κ2) is 4.89. The molecule has 3 aliphatic rings. The summed E-state index contributed by atoms with van der Waals surface area (Å²) in [6.45, 7) is 5.73. The minimum Gasteiger partial charge on any atom is -0.312 e. The fourth-order valence-electron chi connectivity index (χ4n) is 3.86. The molecule has 3 fully saturated rings. The minimum absolute atomic E-state index is 0.0102. The molecule has 3 atom stereocenters. The molecular weight excluding hydrogens is 240 g/mol. The van der Waals surface area contributed by atoms with E-state index in [2.05, 4.69) is 19.2 Å². The lowest BCUT2D eigenvalue weighted by atomic mass is 10.00. The van der Waals surface area contributed by atoms with Gasteiger partial charge in [0.15, 0.2) is 0 Å². The number of amides is 2. The molecular formula is C15H24N2O2. The summed E-state index contributed by atoms with van der Waals surface area (Å²) in [7, 11) is 0. The van der Waals surface area contributed by atoms with Gasteiger partial charge in [-0.15, -0.1) is 0 Å². The maximum atomic E-state index is 12.4. The Balaban J connectivity index is 1.68. The number of carbonyl (C=O) groups is 2. The summed E-state index contributed by atoms with van der Waals surface area (Å²) in [4.78, 5) is 26.4. The van der Waals surface area contributed by atoms with Gasteiger partial charge in [-0.05, 0) is 44.1 Å². The average Bonchev–Trinajstić information content (AvgIpc) is 3.11. The molecule has 0 radical (unpaired) electrons. The zero-order chi connectivity index (χ0) is 13.6. The molecule has 3 rings (SSSR count). The molecule has 2 aliphatic carbocycles. The first-order valence-corrected chi connectivity index (χ1v) is 7.70. The van der Waals surface area contributed by atoms with E-state index >= 15 is 0 Å². The molecule has 1 saturated heterocycles. The topological polar surface area (TPSA) is 49.4 Å². The largest absolute Gasteiger partial charge is 0.312 e. The summed E-state index contributed by atoms with van der Waals surface area (Å²) < 4.78 is 0. The number of hydrogen-bond acceptors (Lipinski definition) is 3. The van der Waals surface area contributed by atoms with Crippen molar-refractivity contribution in [3.63, 3.8) is 0 Å². The van der Waals surface area contributed by atoms with Crippen molar-refractivity contribution < 1.29 is 9.59 Å². The van der Waals surface area contributed by atoms with Crippen LogP contribution in [0.25, 0.3) is 0 Å². The number of fused-ring (bicyclic) bond motifs is 1. The van der Waals surface area contributed by atoms with Crippen LogP contribution in [0.15, 0.2) is 0 Å². The maximum absolute atomic E-state index is 12.4. The predicted molar refractivity (Wildman–Crippen MR) is 72.3 cm³/mol. The van der Waals surface area contributed by atoms with E-state index in [1.807, 2.05) is 0 Å². The van der Waals surface area contributed by atoms with Gasteiger partial charge in [-0.1, -0.05) is 13.8 Å². The Hall–Kier alpha value is -0.900. The highest BCUT2D eigenvalue weighted by Crippen LogP contribution is 2.43. The molecule has 0 bridgehead atoms. The highest BCUT2D eigenvalue weighted by atomic mass is 16.2. The Kier molecular flexibility index (Phi) is 3.37. The zero-order valence-corrected chi connectivity index (χ0v) is 11.9. The first-order chi connectivity index (χ1) is 9.11. The molecule has 1 N–H and O–H groups in total. The predicted octanol–water partition coefficient (Wildman–Crippen LogP) is 1.41. The van der Waals surface area contributed by atoms with Crippen LogP contribution in [0.5, 0.6) is 0 Å². The number of imide groups is 1. The van der Waals surface area contributed by atoms with Crippen molar-refractivity contribution in [3.05, 3.63) is 0 Å². The van der Waals surface area contributed by atoms with E-state index in [-0.39, 0.29) is 23.7 Å². The summed E-state index contributed by atoms with van der Waals surface area (Å²) >= 11 is 0. The molecule has 0 aromatic carbocycles. The van der Waals surface area contributed by atoms with Crippen LogP contribution in [-0.2, 0) is 9.59 Å². The van der Waals surface area contributed by atoms with Crippen molar-refractivity contribution in [2.45, 2.75) is 45.6 Å². The Morgan fingerprint density at radius 3 is 2.26 bits per heavy atom. The third-order valence-corrected chi connectivity index (χ3v) is 5.00. The molecule has 0 spiro atoms. The normalized spacial score (nSPS) is 35.9. The van der Waals surface area contributed by atoms with Gasteiger partial charge in [0, 0.05) is 12.6 Å². The van der Waals surface area contributed by atoms with E-state index < -0.39 is 0 Å². The van der Waals surface area contributed by atoms with E-state index in [0.717, 1.165) is 19.4 Å². The number of nitrogens with zero attached hydrogens (tertiary/aromatic N) is 1. The van der Waals surface area contributed by atoms with Crippen LogP contribution in [-0.4, -0.2) is 35.8 Å². The standard InChI is InChI=1S/C15H24N2O2/c1-3-16-13(10-4-5-10)8-17-14(18)11-6-9(2)7-12(11)15(17)19/h9-13,16H,3-8H2,1-2H3. The number of hydrogen-bond donors (Lipinski definition) is 1. The summed E-state index contributed by atoms with van der Waals surface area (Å²) in [6, 6.07) is 0.314. The monoisotopic (exact) mass is 264 g/mol. The average molecular weight is 264 g/mol. The molecule has 4 nitrogen and oxygen atoms in total. The van der Waals surface area contributed by atoms with Gasteiger partial charge in [-0.25, -0.2) is 0 Å². The van der Waals surface area contributed by atoms with Crippen LogP contribution in [0.2, 0.25) is 0 Å². The fourth-order valence-corrected chi connectivity index (χ4v) is 3.86. The van der Waals surface area contributed by atoms with Gasteiger partial charge in [-0.2, -0.15) is 0 Å². The van der Waals surface area contributed by atoms with Crippen molar-refractivity contribution in [1.29, 1.82) is 0 Å². The van der Waals surface area contributed by atoms with Gasteiger partial charge >= 0.3 is 0 Å². The van der Waals surface area contributed by atoms with Gasteiger partial charge in [0.2, 0.25) is 11.8 Å². The maximum Gasteiger partial charge on any atom is 0.233 e. The molecule has 4 heteroatoms. The van der Waals surface area contributed by atoms with Gasteiger partial charge in [0.1, 0.15) is 0 Å². The molecule has 3 unspecified atom stereocenters. The van der Waals surface area contributed by atoms with Crippen molar-refractivity contribution >= 4 is 11.8 Å². The summed E-state index contributed by atoms with van der Waals surface area (Å²) in [6.07, 6.45) is 4.28. The summed E-state index contributed by atoms with van der Waals surface area (Å²) in [5.41, 5.74) is 0. The third-order valence-electron chi connectivity index (χ3n) is 5.00. The van der Waals surface area contributed by atoms with Crippen LogP contribution >= 0.6 is 0 Å². The van der Waals surface area contributed by atoms with E-state index in [1.165, 1.54) is 12.8 Å². The first-order valence-electron chi connectivity index (χ1n) is 7.70. The summed E-state index contributed by atoms with van der Waals surface area (Å²) in [5.74, 6) is 1.37. The minimum atomic E-state index is -0.0102. The van der Waals surface area contributed by atoms with Crippen molar-refractivity contribution in [1.82, 2.24) is 10.2 Å². The molecule has 0 aromatic heterocycles. The van der Waals surface area contributed by atoms with Crippen LogP contribution < -0.4 is 5.32 Å². The van der Waals surface area contributed by atoms with E-state index in [4.69, 9.17) is 0 Å². The Labute approximate surface area is 114 Å². The number of carbonyl (C=O) groups excluding carboxylic acids is 2. The Morgan fingerprint density at radius 1 is 1.21 bits per heavy atom. The van der Waals surface area contributed by atoms with E-state index in [0.29, 0.717) is 24.4 Å². The summed E-state index contributed by atoms with van der Waals surface area (Å²) in [5, 5.41) is 3.44. The third kappa shape index (κ3) is 2.31. The highest BCUT2D eigenvalue weighted by molar-refractivity contribution is 6.05. The lowest BCUT2D eigenvalue weighted by molar-refractivity contribution is -0.141. The van der Waals surface area contributed by atoms with Gasteiger partial charge in [0.25, 0.3) is 0 Å². The number of nitrogens with one attached hydrogen (secondary N) is 1. The van der Waals surface area contributed by atoms with Crippen LogP contribution in [0.1, 0.15) is 39.5 Å². The quantitative estimate of drug-likeness (QED) is 0.764. The number of likely N-dealkylation sites (tertiary alicyclic amines) is 1. The first kappa shape index (κ1) is 13.1. The van der Waals surface area contributed by atoms with Crippen molar-refractivity contribution in [3.8, 4) is 0 Å². The number of likely N-dealkylation sites (N-methyl/N-ethyl adjacent to an activating group) is 1. The molecule has 0 aromatic rings. The lowest BCUT2D eigenvalue weighted by Gasteiger charge is -2.24. The van der Waals surface area contributed by atoms with Crippen LogP contribution in [0.3, 0.4) is 0 Å². The van der Waals surface area contributed by atoms with Crippen molar-refractivity contribution in [2.24, 2.45) is 23.7 Å². The van der Waals surface area contributed by atoms with Crippen LogP contribution in [0.4, 0.5) is 0 Å². The zero-order valence-electron chi connectivity index (χ0n) is 11.9. The van der Waals surface area contributed by atoms with E-state index in [1.54, 1.807) is 4.90 Å². The molecule has 1 heterocycles. The molecule has 1 aliphatic heterocycles. The van der Waals surface area contributed by atoms with Gasteiger partial charge in [-0.3, -0.25) is 14.5 Å². The molecule has 106 valence electrons. The Bertz CT molecular complexity index is 368.